The molecule has 19 heavy (non-hydrogen) atoms. The standard InChI is InChI=1S/C16H20N2S/c17-18-16(8-5-12-9-10-19-11-12)15-7-6-13-3-1-2-4-14(13)15/h1-4,9-11,15-16,18H,5-8,17H2. The van der Waals surface area contributed by atoms with Crippen LogP contribution in [0.1, 0.15) is 35.4 Å². The number of hydrogen-bond acceptors (Lipinski definition) is 3. The Morgan fingerprint density at radius 3 is 3.00 bits per heavy atom. The van der Waals surface area contributed by atoms with Crippen LogP contribution in [-0.4, -0.2) is 6.04 Å². The van der Waals surface area contributed by atoms with Crippen molar-refractivity contribution in [2.75, 3.05) is 0 Å². The second-order valence-electron chi connectivity index (χ2n) is 5.29. The summed E-state index contributed by atoms with van der Waals surface area (Å²) < 4.78 is 0. The first-order valence-electron chi connectivity index (χ1n) is 6.93. The molecule has 1 aromatic heterocycles. The van der Waals surface area contributed by atoms with Crippen molar-refractivity contribution in [2.24, 2.45) is 5.84 Å². The first-order valence-corrected chi connectivity index (χ1v) is 7.88. The minimum Gasteiger partial charge on any atom is -0.271 e. The van der Waals surface area contributed by atoms with Gasteiger partial charge < -0.3 is 0 Å². The van der Waals surface area contributed by atoms with Crippen LogP contribution in [0.3, 0.4) is 0 Å². The van der Waals surface area contributed by atoms with Crippen molar-refractivity contribution in [1.82, 2.24) is 5.43 Å². The molecule has 3 rings (SSSR count). The molecule has 0 aliphatic heterocycles. The van der Waals surface area contributed by atoms with E-state index in [2.05, 4.69) is 46.5 Å². The van der Waals surface area contributed by atoms with Crippen LogP contribution in [0.15, 0.2) is 41.1 Å². The van der Waals surface area contributed by atoms with E-state index in [4.69, 9.17) is 5.84 Å². The molecule has 2 unspecified atom stereocenters. The van der Waals surface area contributed by atoms with Gasteiger partial charge in [-0.05, 0) is 59.2 Å². The molecule has 0 spiro atoms. The smallest absolute Gasteiger partial charge is 0.0282 e. The van der Waals surface area contributed by atoms with Crippen LogP contribution in [0, 0.1) is 0 Å². The predicted molar refractivity (Wildman–Crippen MR) is 81.3 cm³/mol. The number of nitrogens with one attached hydrogen (secondary N) is 1. The van der Waals surface area contributed by atoms with Gasteiger partial charge in [0.1, 0.15) is 0 Å². The van der Waals surface area contributed by atoms with Crippen molar-refractivity contribution in [3.63, 3.8) is 0 Å². The molecule has 100 valence electrons. The fourth-order valence-corrected chi connectivity index (χ4v) is 3.87. The van der Waals surface area contributed by atoms with E-state index < -0.39 is 0 Å². The summed E-state index contributed by atoms with van der Waals surface area (Å²) in [5.74, 6) is 6.37. The van der Waals surface area contributed by atoms with E-state index >= 15 is 0 Å². The molecule has 1 aliphatic rings. The molecule has 3 N–H and O–H groups in total. The summed E-state index contributed by atoms with van der Waals surface area (Å²) in [6, 6.07) is 11.4. The van der Waals surface area contributed by atoms with Crippen LogP contribution in [0.4, 0.5) is 0 Å². The second kappa shape index (κ2) is 5.87. The SMILES string of the molecule is NNC(CCc1ccsc1)C1CCc2ccccc21. The Hall–Kier alpha value is -1.16. The zero-order valence-electron chi connectivity index (χ0n) is 11.0. The van der Waals surface area contributed by atoms with Crippen molar-refractivity contribution in [2.45, 2.75) is 37.6 Å². The molecule has 2 atom stereocenters. The summed E-state index contributed by atoms with van der Waals surface area (Å²) >= 11 is 1.77. The minimum atomic E-state index is 0.378. The molecule has 3 heteroatoms. The highest BCUT2D eigenvalue weighted by Crippen LogP contribution is 2.36. The Balaban J connectivity index is 1.69. The molecule has 0 saturated carbocycles. The Labute approximate surface area is 118 Å². The van der Waals surface area contributed by atoms with Crippen LogP contribution >= 0.6 is 11.3 Å². The van der Waals surface area contributed by atoms with E-state index in [-0.39, 0.29) is 0 Å². The topological polar surface area (TPSA) is 38.0 Å². The minimum absolute atomic E-state index is 0.378. The van der Waals surface area contributed by atoms with Crippen LogP contribution in [0.2, 0.25) is 0 Å². The summed E-state index contributed by atoms with van der Waals surface area (Å²) in [4.78, 5) is 0. The maximum absolute atomic E-state index is 5.80. The van der Waals surface area contributed by atoms with Crippen LogP contribution in [-0.2, 0) is 12.8 Å². The number of aryl methyl sites for hydroxylation is 2. The van der Waals surface area contributed by atoms with Gasteiger partial charge in [-0.2, -0.15) is 11.3 Å². The van der Waals surface area contributed by atoms with Gasteiger partial charge in [0.25, 0.3) is 0 Å². The zero-order chi connectivity index (χ0) is 13.1. The lowest BCUT2D eigenvalue weighted by Gasteiger charge is -2.23. The zero-order valence-corrected chi connectivity index (χ0v) is 11.8. The van der Waals surface area contributed by atoms with E-state index in [0.717, 1.165) is 12.8 Å². The number of fused-ring (bicyclic) bond motifs is 1. The number of hydrazine groups is 1. The Morgan fingerprint density at radius 1 is 1.32 bits per heavy atom. The van der Waals surface area contributed by atoms with Crippen LogP contribution in [0.5, 0.6) is 0 Å². The lowest BCUT2D eigenvalue weighted by molar-refractivity contribution is 0.413. The molecule has 1 aromatic carbocycles. The van der Waals surface area contributed by atoms with Gasteiger partial charge in [0, 0.05) is 12.0 Å². The highest BCUT2D eigenvalue weighted by molar-refractivity contribution is 7.07. The van der Waals surface area contributed by atoms with Gasteiger partial charge in [-0.15, -0.1) is 0 Å². The van der Waals surface area contributed by atoms with Crippen molar-refractivity contribution >= 4 is 11.3 Å². The van der Waals surface area contributed by atoms with Gasteiger partial charge in [-0.25, -0.2) is 0 Å². The summed E-state index contributed by atoms with van der Waals surface area (Å²) in [7, 11) is 0. The third-order valence-electron chi connectivity index (χ3n) is 4.20. The summed E-state index contributed by atoms with van der Waals surface area (Å²) in [5, 5.41) is 4.38. The Kier molecular flexibility index (Phi) is 3.97. The summed E-state index contributed by atoms with van der Waals surface area (Å²) in [5.41, 5.74) is 7.48. The third kappa shape index (κ3) is 2.73. The molecule has 1 aliphatic carbocycles. The van der Waals surface area contributed by atoms with E-state index in [1.54, 1.807) is 11.3 Å². The fraction of sp³-hybridized carbons (Fsp3) is 0.375. The number of benzene rings is 1. The molecule has 1 heterocycles. The Bertz CT molecular complexity index is 521. The lowest BCUT2D eigenvalue weighted by atomic mass is 9.90. The molecule has 2 nitrogen and oxygen atoms in total. The quantitative estimate of drug-likeness (QED) is 0.648. The van der Waals surface area contributed by atoms with E-state index in [1.165, 1.54) is 29.5 Å². The largest absolute Gasteiger partial charge is 0.271 e. The molecule has 0 fully saturated rings. The van der Waals surface area contributed by atoms with Crippen LogP contribution < -0.4 is 11.3 Å². The van der Waals surface area contributed by atoms with Crippen molar-refractivity contribution in [3.8, 4) is 0 Å². The molecular formula is C16H20N2S. The number of nitrogens with two attached hydrogens (primary N) is 1. The molecule has 0 radical (unpaired) electrons. The highest BCUT2D eigenvalue weighted by Gasteiger charge is 2.28. The third-order valence-corrected chi connectivity index (χ3v) is 4.94. The monoisotopic (exact) mass is 272 g/mol. The van der Waals surface area contributed by atoms with Gasteiger partial charge in [0.05, 0.1) is 0 Å². The van der Waals surface area contributed by atoms with E-state index in [9.17, 15) is 0 Å². The molecule has 0 bridgehead atoms. The van der Waals surface area contributed by atoms with Crippen LogP contribution in [0.25, 0.3) is 0 Å². The molecule has 0 amide bonds. The average molecular weight is 272 g/mol. The lowest BCUT2D eigenvalue weighted by Crippen LogP contribution is -2.39. The van der Waals surface area contributed by atoms with Crippen molar-refractivity contribution in [1.29, 1.82) is 0 Å². The van der Waals surface area contributed by atoms with E-state index in [0.29, 0.717) is 12.0 Å². The second-order valence-corrected chi connectivity index (χ2v) is 6.07. The predicted octanol–water partition coefficient (Wildman–Crippen LogP) is 3.24. The average Bonchev–Trinajstić information content (AvgIpc) is 3.09. The highest BCUT2D eigenvalue weighted by atomic mass is 32.1. The van der Waals surface area contributed by atoms with Crippen molar-refractivity contribution < 1.29 is 0 Å². The molecular weight excluding hydrogens is 252 g/mol. The van der Waals surface area contributed by atoms with Crippen molar-refractivity contribution in [3.05, 3.63) is 57.8 Å². The van der Waals surface area contributed by atoms with Gasteiger partial charge in [0.2, 0.25) is 0 Å². The first kappa shape index (κ1) is 12.9. The van der Waals surface area contributed by atoms with Gasteiger partial charge in [-0.3, -0.25) is 11.3 Å². The fourth-order valence-electron chi connectivity index (χ4n) is 3.17. The Morgan fingerprint density at radius 2 is 2.21 bits per heavy atom. The summed E-state index contributed by atoms with van der Waals surface area (Å²) in [6.45, 7) is 0. The molecule has 2 aromatic rings. The van der Waals surface area contributed by atoms with E-state index in [1.807, 2.05) is 0 Å². The number of hydrogen-bond donors (Lipinski definition) is 2. The number of rotatable bonds is 5. The molecule has 0 saturated heterocycles. The maximum atomic E-state index is 5.80. The normalized spacial score (nSPS) is 19.3. The maximum Gasteiger partial charge on any atom is 0.0282 e. The van der Waals surface area contributed by atoms with Gasteiger partial charge >= 0.3 is 0 Å². The first-order chi connectivity index (χ1) is 9.38. The summed E-state index contributed by atoms with van der Waals surface area (Å²) in [6.07, 6.45) is 4.62. The van der Waals surface area contributed by atoms with Gasteiger partial charge in [0.15, 0.2) is 0 Å². The number of thiophene rings is 1. The van der Waals surface area contributed by atoms with Gasteiger partial charge in [-0.1, -0.05) is 24.3 Å².